The van der Waals surface area contributed by atoms with Crippen molar-refractivity contribution in [1.82, 2.24) is 9.55 Å². The third-order valence-electron chi connectivity index (χ3n) is 2.47. The van der Waals surface area contributed by atoms with Crippen LogP contribution in [0.25, 0.3) is 0 Å². The van der Waals surface area contributed by atoms with Gasteiger partial charge in [-0.15, -0.1) is 0 Å². The van der Waals surface area contributed by atoms with Gasteiger partial charge < -0.3 is 9.88 Å². The number of aryl methyl sites for hydroxylation is 1. The third kappa shape index (κ3) is 2.66. The monoisotopic (exact) mass is 290 g/mol. The lowest BCUT2D eigenvalue weighted by atomic mass is 10.2. The Morgan fingerprint density at radius 1 is 1.53 bits per heavy atom. The summed E-state index contributed by atoms with van der Waals surface area (Å²) < 4.78 is 2.85. The molecule has 0 atom stereocenters. The molecule has 2 rings (SSSR count). The van der Waals surface area contributed by atoms with Gasteiger partial charge in [-0.3, -0.25) is 0 Å². The fourth-order valence-corrected chi connectivity index (χ4v) is 1.99. The molecule has 1 N–H and O–H groups in total. The average Bonchev–Trinajstić information content (AvgIpc) is 2.73. The normalized spacial score (nSPS) is 9.94. The molecule has 0 aliphatic carbocycles. The molecule has 0 saturated carbocycles. The van der Waals surface area contributed by atoms with Crippen LogP contribution in [-0.4, -0.2) is 9.55 Å². The quantitative estimate of drug-likeness (QED) is 0.946. The molecule has 4 nitrogen and oxygen atoms in total. The van der Waals surface area contributed by atoms with Gasteiger partial charge in [0.2, 0.25) is 0 Å². The molecule has 2 aromatic rings. The molecule has 1 aromatic heterocycles. The summed E-state index contributed by atoms with van der Waals surface area (Å²) >= 11 is 3.43. The van der Waals surface area contributed by atoms with E-state index in [1.165, 1.54) is 0 Å². The number of rotatable bonds is 3. The van der Waals surface area contributed by atoms with E-state index >= 15 is 0 Å². The van der Waals surface area contributed by atoms with Crippen LogP contribution in [0.5, 0.6) is 0 Å². The lowest BCUT2D eigenvalue weighted by Crippen LogP contribution is -2.04. The summed E-state index contributed by atoms with van der Waals surface area (Å²) in [5.74, 6) is 0. The highest BCUT2D eigenvalue weighted by molar-refractivity contribution is 9.10. The highest BCUT2D eigenvalue weighted by Gasteiger charge is 2.02. The Morgan fingerprint density at radius 2 is 2.35 bits per heavy atom. The lowest BCUT2D eigenvalue weighted by Gasteiger charge is -2.08. The number of hydrogen-bond donors (Lipinski definition) is 1. The maximum Gasteiger partial charge on any atom is 0.0992 e. The number of aromatic nitrogens is 2. The van der Waals surface area contributed by atoms with Crippen molar-refractivity contribution < 1.29 is 0 Å². The molecule has 17 heavy (non-hydrogen) atoms. The number of nitrogens with one attached hydrogen (secondary N) is 1. The molecular formula is C12H11BrN4. The predicted molar refractivity (Wildman–Crippen MR) is 69.4 cm³/mol. The van der Waals surface area contributed by atoms with Crippen molar-refractivity contribution in [2.75, 3.05) is 5.32 Å². The first kappa shape index (κ1) is 11.7. The van der Waals surface area contributed by atoms with E-state index in [1.807, 2.05) is 23.9 Å². The minimum Gasteiger partial charge on any atom is -0.378 e. The molecule has 86 valence electrons. The van der Waals surface area contributed by atoms with Crippen molar-refractivity contribution in [2.24, 2.45) is 7.05 Å². The Morgan fingerprint density at radius 3 is 2.94 bits per heavy atom. The van der Waals surface area contributed by atoms with E-state index < -0.39 is 0 Å². The third-order valence-corrected chi connectivity index (χ3v) is 3.13. The van der Waals surface area contributed by atoms with Crippen molar-refractivity contribution >= 4 is 21.6 Å². The topological polar surface area (TPSA) is 53.6 Å². The number of benzene rings is 1. The number of hydrogen-bond acceptors (Lipinski definition) is 3. The first-order chi connectivity index (χ1) is 8.20. The van der Waals surface area contributed by atoms with E-state index in [0.29, 0.717) is 12.1 Å². The Labute approximate surface area is 108 Å². The largest absolute Gasteiger partial charge is 0.378 e. The molecule has 0 aliphatic rings. The summed E-state index contributed by atoms with van der Waals surface area (Å²) in [6, 6.07) is 7.58. The Bertz CT molecular complexity index is 568. The van der Waals surface area contributed by atoms with Crippen LogP contribution in [0.15, 0.2) is 35.2 Å². The van der Waals surface area contributed by atoms with Crippen molar-refractivity contribution in [2.45, 2.75) is 6.54 Å². The number of nitrogens with zero attached hydrogens (tertiary/aromatic N) is 3. The molecule has 1 aromatic carbocycles. The predicted octanol–water partition coefficient (Wildman–Crippen LogP) is 2.67. The maximum atomic E-state index is 8.77. The standard InChI is InChI=1S/C12H11BrN4/c1-17-8-15-6-10(17)7-16-12-3-2-9(5-14)4-11(12)13/h2-4,6,8,16H,7H2,1H3. The molecular weight excluding hydrogens is 280 g/mol. The molecule has 0 radical (unpaired) electrons. The van der Waals surface area contributed by atoms with Gasteiger partial charge in [-0.1, -0.05) is 0 Å². The molecule has 0 spiro atoms. The molecule has 0 saturated heterocycles. The van der Waals surface area contributed by atoms with Crippen LogP contribution in [0.3, 0.4) is 0 Å². The second-order valence-electron chi connectivity index (χ2n) is 3.66. The summed E-state index contributed by atoms with van der Waals surface area (Å²) in [4.78, 5) is 4.05. The number of imidazole rings is 1. The molecule has 0 amide bonds. The first-order valence-electron chi connectivity index (χ1n) is 5.09. The van der Waals surface area contributed by atoms with Gasteiger partial charge in [-0.25, -0.2) is 4.98 Å². The number of halogens is 1. The molecule has 1 heterocycles. The van der Waals surface area contributed by atoms with E-state index in [1.54, 1.807) is 18.5 Å². The van der Waals surface area contributed by atoms with E-state index in [2.05, 4.69) is 32.3 Å². The van der Waals surface area contributed by atoms with Gasteiger partial charge in [-0.05, 0) is 34.1 Å². The second-order valence-corrected chi connectivity index (χ2v) is 4.51. The zero-order valence-corrected chi connectivity index (χ0v) is 10.9. The van der Waals surface area contributed by atoms with E-state index in [9.17, 15) is 0 Å². The van der Waals surface area contributed by atoms with Crippen LogP contribution < -0.4 is 5.32 Å². The van der Waals surface area contributed by atoms with Gasteiger partial charge in [0.25, 0.3) is 0 Å². The second kappa shape index (κ2) is 5.02. The minimum atomic E-state index is 0.642. The Balaban J connectivity index is 2.10. The van der Waals surface area contributed by atoms with Crippen LogP contribution in [0, 0.1) is 11.3 Å². The average molecular weight is 291 g/mol. The summed E-state index contributed by atoms with van der Waals surface area (Å²) in [7, 11) is 1.96. The SMILES string of the molecule is Cn1cncc1CNc1ccc(C#N)cc1Br. The van der Waals surface area contributed by atoms with Crippen LogP contribution in [0.1, 0.15) is 11.3 Å². The Kier molecular flexibility index (Phi) is 3.45. The van der Waals surface area contributed by atoms with Crippen molar-refractivity contribution in [1.29, 1.82) is 5.26 Å². The van der Waals surface area contributed by atoms with E-state index in [-0.39, 0.29) is 0 Å². The highest BCUT2D eigenvalue weighted by atomic mass is 79.9. The van der Waals surface area contributed by atoms with Crippen LogP contribution in [0.2, 0.25) is 0 Å². The fourth-order valence-electron chi connectivity index (χ4n) is 1.47. The smallest absolute Gasteiger partial charge is 0.0992 e. The van der Waals surface area contributed by atoms with Crippen LogP contribution in [-0.2, 0) is 13.6 Å². The van der Waals surface area contributed by atoms with E-state index in [4.69, 9.17) is 5.26 Å². The van der Waals surface area contributed by atoms with Crippen molar-refractivity contribution in [3.8, 4) is 6.07 Å². The number of anilines is 1. The molecule has 0 bridgehead atoms. The lowest BCUT2D eigenvalue weighted by molar-refractivity contribution is 0.837. The van der Waals surface area contributed by atoms with Gasteiger partial charge in [0.1, 0.15) is 0 Å². The van der Waals surface area contributed by atoms with E-state index in [0.717, 1.165) is 15.9 Å². The molecule has 0 fully saturated rings. The summed E-state index contributed by atoms with van der Waals surface area (Å²) in [6.45, 7) is 0.695. The summed E-state index contributed by atoms with van der Waals surface area (Å²) in [6.07, 6.45) is 3.59. The minimum absolute atomic E-state index is 0.642. The number of nitriles is 1. The van der Waals surface area contributed by atoms with Gasteiger partial charge >= 0.3 is 0 Å². The Hall–Kier alpha value is -1.80. The molecule has 0 unspecified atom stereocenters. The van der Waals surface area contributed by atoms with Crippen LogP contribution >= 0.6 is 15.9 Å². The fraction of sp³-hybridized carbons (Fsp3) is 0.167. The summed E-state index contributed by atoms with van der Waals surface area (Å²) in [5.41, 5.74) is 2.70. The molecule has 5 heteroatoms. The molecule has 0 aliphatic heterocycles. The first-order valence-corrected chi connectivity index (χ1v) is 5.88. The van der Waals surface area contributed by atoms with Crippen molar-refractivity contribution in [3.63, 3.8) is 0 Å². The maximum absolute atomic E-state index is 8.77. The highest BCUT2D eigenvalue weighted by Crippen LogP contribution is 2.23. The van der Waals surface area contributed by atoms with Crippen molar-refractivity contribution in [3.05, 3.63) is 46.5 Å². The summed E-state index contributed by atoms with van der Waals surface area (Å²) in [5, 5.41) is 12.1. The van der Waals surface area contributed by atoms with Gasteiger partial charge in [0.05, 0.1) is 30.2 Å². The van der Waals surface area contributed by atoms with Gasteiger partial charge in [-0.2, -0.15) is 5.26 Å². The zero-order valence-electron chi connectivity index (χ0n) is 9.31. The van der Waals surface area contributed by atoms with Gasteiger partial charge in [0.15, 0.2) is 0 Å². The van der Waals surface area contributed by atoms with Gasteiger partial charge in [0, 0.05) is 23.4 Å². The van der Waals surface area contributed by atoms with Crippen LogP contribution in [0.4, 0.5) is 5.69 Å². The zero-order chi connectivity index (χ0) is 12.3.